The monoisotopic (exact) mass is 353 g/mol. The normalized spacial score (nSPS) is 22.7. The van der Waals surface area contributed by atoms with E-state index in [-0.39, 0.29) is 12.1 Å². The van der Waals surface area contributed by atoms with Crippen LogP contribution < -0.4 is 11.1 Å². The molecule has 2 aliphatic heterocycles. The Bertz CT molecular complexity index is 441. The number of aliphatic imine (C=N–C) groups is 1. The number of amides is 1. The summed E-state index contributed by atoms with van der Waals surface area (Å²) in [6.45, 7) is 11.3. The van der Waals surface area contributed by atoms with Gasteiger partial charge in [0, 0.05) is 25.2 Å². The largest absolute Gasteiger partial charge is 0.450 e. The second kappa shape index (κ2) is 9.85. The highest BCUT2D eigenvalue weighted by atomic mass is 16.6. The van der Waals surface area contributed by atoms with Crippen LogP contribution in [0.4, 0.5) is 4.79 Å². The van der Waals surface area contributed by atoms with Crippen molar-refractivity contribution in [3.05, 3.63) is 0 Å². The number of likely N-dealkylation sites (tertiary alicyclic amines) is 2. The molecule has 2 rings (SSSR count). The van der Waals surface area contributed by atoms with Gasteiger partial charge in [-0.15, -0.1) is 0 Å². The van der Waals surface area contributed by atoms with Crippen LogP contribution in [0.15, 0.2) is 4.99 Å². The van der Waals surface area contributed by atoms with E-state index in [1.807, 2.05) is 6.92 Å². The van der Waals surface area contributed by atoms with Crippen LogP contribution in [0, 0.1) is 5.92 Å². The van der Waals surface area contributed by atoms with E-state index in [0.717, 1.165) is 38.4 Å². The third-order valence-corrected chi connectivity index (χ3v) is 5.34. The molecule has 2 heterocycles. The predicted octanol–water partition coefficient (Wildman–Crippen LogP) is 1.63. The molecule has 0 aromatic carbocycles. The van der Waals surface area contributed by atoms with Gasteiger partial charge in [0.05, 0.1) is 13.2 Å². The minimum Gasteiger partial charge on any atom is -0.450 e. The zero-order chi connectivity index (χ0) is 18.2. The van der Waals surface area contributed by atoms with Crippen LogP contribution in [0.5, 0.6) is 0 Å². The summed E-state index contributed by atoms with van der Waals surface area (Å²) in [7, 11) is 0. The van der Waals surface area contributed by atoms with Crippen molar-refractivity contribution in [2.45, 2.75) is 58.5 Å². The minimum absolute atomic E-state index is 0.215. The zero-order valence-electron chi connectivity index (χ0n) is 16.0. The quantitative estimate of drug-likeness (QED) is 0.580. The third-order valence-electron chi connectivity index (χ3n) is 5.34. The molecule has 7 heteroatoms. The molecule has 0 saturated carbocycles. The lowest BCUT2D eigenvalue weighted by Gasteiger charge is -2.34. The number of hydrogen-bond acceptors (Lipinski definition) is 4. The highest BCUT2D eigenvalue weighted by Gasteiger charge is 2.24. The zero-order valence-corrected chi connectivity index (χ0v) is 16.0. The molecule has 1 atom stereocenters. The highest BCUT2D eigenvalue weighted by molar-refractivity contribution is 5.78. The van der Waals surface area contributed by atoms with Gasteiger partial charge in [-0.25, -0.2) is 4.79 Å². The number of piperidine rings is 2. The Hall–Kier alpha value is -1.50. The maximum Gasteiger partial charge on any atom is 0.409 e. The molecule has 25 heavy (non-hydrogen) atoms. The fourth-order valence-corrected chi connectivity index (χ4v) is 3.49. The van der Waals surface area contributed by atoms with Crippen LogP contribution in [0.25, 0.3) is 0 Å². The number of carbonyl (C=O) groups excluding carboxylic acids is 1. The van der Waals surface area contributed by atoms with E-state index in [1.165, 1.54) is 12.8 Å². The fraction of sp³-hybridized carbons (Fsp3) is 0.889. The third kappa shape index (κ3) is 6.38. The van der Waals surface area contributed by atoms with Gasteiger partial charge < -0.3 is 20.7 Å². The van der Waals surface area contributed by atoms with Crippen LogP contribution in [-0.2, 0) is 4.74 Å². The van der Waals surface area contributed by atoms with Crippen LogP contribution >= 0.6 is 0 Å². The molecular formula is C18H35N5O2. The van der Waals surface area contributed by atoms with Crippen molar-refractivity contribution in [2.24, 2.45) is 16.6 Å². The van der Waals surface area contributed by atoms with Gasteiger partial charge in [-0.05, 0) is 58.5 Å². The van der Waals surface area contributed by atoms with E-state index in [1.54, 1.807) is 4.90 Å². The molecule has 1 unspecified atom stereocenters. The number of nitrogens with zero attached hydrogens (tertiary/aromatic N) is 3. The van der Waals surface area contributed by atoms with Crippen LogP contribution in [0.3, 0.4) is 0 Å². The number of carbonyl (C=O) groups is 1. The molecule has 0 spiro atoms. The molecule has 0 bridgehead atoms. The molecule has 1 amide bonds. The maximum atomic E-state index is 11.7. The molecule has 2 fully saturated rings. The Balaban J connectivity index is 1.68. The SMILES string of the molecule is CCOC(=O)N1CCC(NC(N)=NCC(C)N2CCC(C)CC2)CC1. The van der Waals surface area contributed by atoms with E-state index in [4.69, 9.17) is 10.5 Å². The van der Waals surface area contributed by atoms with Crippen molar-refractivity contribution in [3.8, 4) is 0 Å². The first-order valence-corrected chi connectivity index (χ1v) is 9.71. The molecule has 2 aliphatic rings. The van der Waals surface area contributed by atoms with Gasteiger partial charge in [-0.1, -0.05) is 6.92 Å². The summed E-state index contributed by atoms with van der Waals surface area (Å²) in [5, 5.41) is 3.31. The summed E-state index contributed by atoms with van der Waals surface area (Å²) in [5.41, 5.74) is 6.06. The Morgan fingerprint density at radius 1 is 1.24 bits per heavy atom. The van der Waals surface area contributed by atoms with E-state index in [0.29, 0.717) is 31.7 Å². The summed E-state index contributed by atoms with van der Waals surface area (Å²) in [5.74, 6) is 1.37. The van der Waals surface area contributed by atoms with Crippen molar-refractivity contribution in [1.29, 1.82) is 0 Å². The van der Waals surface area contributed by atoms with Crippen molar-refractivity contribution < 1.29 is 9.53 Å². The lowest BCUT2D eigenvalue weighted by atomic mass is 9.98. The van der Waals surface area contributed by atoms with Gasteiger partial charge in [0.25, 0.3) is 0 Å². The van der Waals surface area contributed by atoms with Crippen LogP contribution in [0.2, 0.25) is 0 Å². The Labute approximate surface area is 152 Å². The topological polar surface area (TPSA) is 83.2 Å². The van der Waals surface area contributed by atoms with E-state index < -0.39 is 0 Å². The number of ether oxygens (including phenoxy) is 1. The lowest BCUT2D eigenvalue weighted by molar-refractivity contribution is 0.0963. The molecule has 144 valence electrons. The lowest BCUT2D eigenvalue weighted by Crippen LogP contribution is -2.49. The fourth-order valence-electron chi connectivity index (χ4n) is 3.49. The van der Waals surface area contributed by atoms with Gasteiger partial charge in [-0.2, -0.15) is 0 Å². The van der Waals surface area contributed by atoms with E-state index in [9.17, 15) is 4.79 Å². The number of nitrogens with two attached hydrogens (primary N) is 1. The number of guanidine groups is 1. The summed E-state index contributed by atoms with van der Waals surface area (Å²) < 4.78 is 5.04. The molecule has 3 N–H and O–H groups in total. The average molecular weight is 354 g/mol. The van der Waals surface area contributed by atoms with Crippen molar-refractivity contribution in [3.63, 3.8) is 0 Å². The first-order chi connectivity index (χ1) is 12.0. The smallest absolute Gasteiger partial charge is 0.409 e. The van der Waals surface area contributed by atoms with Crippen molar-refractivity contribution in [2.75, 3.05) is 39.3 Å². The van der Waals surface area contributed by atoms with Crippen molar-refractivity contribution in [1.82, 2.24) is 15.1 Å². The summed E-state index contributed by atoms with van der Waals surface area (Å²) in [4.78, 5) is 20.5. The van der Waals surface area contributed by atoms with Gasteiger partial charge in [0.2, 0.25) is 0 Å². The van der Waals surface area contributed by atoms with Crippen LogP contribution in [0.1, 0.15) is 46.5 Å². The number of rotatable bonds is 5. The molecule has 2 saturated heterocycles. The second-order valence-corrected chi connectivity index (χ2v) is 7.40. The first-order valence-electron chi connectivity index (χ1n) is 9.71. The predicted molar refractivity (Wildman–Crippen MR) is 101 cm³/mol. The molecule has 0 radical (unpaired) electrons. The standard InChI is InChI=1S/C18H35N5O2/c1-4-25-18(24)23-11-7-16(8-12-23)21-17(19)20-13-15(3)22-9-5-14(2)6-10-22/h14-16H,4-13H2,1-3H3,(H3,19,20,21). The summed E-state index contributed by atoms with van der Waals surface area (Å²) >= 11 is 0. The molecular weight excluding hydrogens is 318 g/mol. The highest BCUT2D eigenvalue weighted by Crippen LogP contribution is 2.18. The summed E-state index contributed by atoms with van der Waals surface area (Å²) in [6, 6.07) is 0.707. The van der Waals surface area contributed by atoms with Gasteiger partial charge in [0.1, 0.15) is 0 Å². The van der Waals surface area contributed by atoms with E-state index >= 15 is 0 Å². The van der Waals surface area contributed by atoms with Gasteiger partial charge >= 0.3 is 6.09 Å². The molecule has 7 nitrogen and oxygen atoms in total. The Morgan fingerprint density at radius 3 is 2.48 bits per heavy atom. The number of nitrogens with one attached hydrogen (secondary N) is 1. The maximum absolute atomic E-state index is 11.7. The molecule has 0 aromatic rings. The first kappa shape index (κ1) is 19.8. The van der Waals surface area contributed by atoms with Crippen LogP contribution in [-0.4, -0.2) is 73.3 Å². The van der Waals surface area contributed by atoms with Crippen molar-refractivity contribution >= 4 is 12.1 Å². The average Bonchev–Trinajstić information content (AvgIpc) is 2.61. The molecule has 0 aliphatic carbocycles. The molecule has 0 aromatic heterocycles. The Morgan fingerprint density at radius 2 is 1.88 bits per heavy atom. The second-order valence-electron chi connectivity index (χ2n) is 7.40. The minimum atomic E-state index is -0.215. The Kier molecular flexibility index (Phi) is 7.81. The van der Waals surface area contributed by atoms with Gasteiger partial charge in [0.15, 0.2) is 5.96 Å². The summed E-state index contributed by atoms with van der Waals surface area (Å²) in [6.07, 6.45) is 4.08. The number of hydrogen-bond donors (Lipinski definition) is 2. The van der Waals surface area contributed by atoms with Gasteiger partial charge in [-0.3, -0.25) is 9.89 Å². The van der Waals surface area contributed by atoms with E-state index in [2.05, 4.69) is 29.1 Å².